The number of aldehydes is 1. The van der Waals surface area contributed by atoms with Gasteiger partial charge in [0.25, 0.3) is 0 Å². The van der Waals surface area contributed by atoms with Crippen molar-refractivity contribution in [1.29, 1.82) is 0 Å². The highest BCUT2D eigenvalue weighted by atomic mass is 19.1. The van der Waals surface area contributed by atoms with Gasteiger partial charge in [0.15, 0.2) is 6.29 Å². The number of hydrogen-bond acceptors (Lipinski definition) is 7. The van der Waals surface area contributed by atoms with E-state index in [0.29, 0.717) is 42.0 Å². The largest absolute Gasteiger partial charge is 0.368 e. The van der Waals surface area contributed by atoms with Gasteiger partial charge in [0.2, 0.25) is 17.6 Å². The first-order chi connectivity index (χ1) is 13.9. The molecular formula is C20H21FN4O4. The van der Waals surface area contributed by atoms with Crippen molar-refractivity contribution in [1.82, 2.24) is 15.5 Å². The van der Waals surface area contributed by atoms with E-state index in [1.54, 1.807) is 4.90 Å². The summed E-state index contributed by atoms with van der Waals surface area (Å²) in [6, 6.07) is 1.79. The number of rotatable bonds is 4. The SMILES string of the molecule is O=CC(=O)C1c2c(cc(F)cc2N2CC3CC(C2)N3)CN1C1CCC(=O)NC1=O. The Morgan fingerprint density at radius 1 is 1.21 bits per heavy atom. The minimum absolute atomic E-state index is 0.160. The van der Waals surface area contributed by atoms with Gasteiger partial charge in [-0.2, -0.15) is 0 Å². The number of piperazine rings is 1. The summed E-state index contributed by atoms with van der Waals surface area (Å²) in [7, 11) is 0. The van der Waals surface area contributed by atoms with Crippen LogP contribution in [0.4, 0.5) is 10.1 Å². The molecule has 4 fully saturated rings. The van der Waals surface area contributed by atoms with Gasteiger partial charge in [0.05, 0.1) is 6.04 Å². The van der Waals surface area contributed by atoms with Crippen LogP contribution in [-0.2, 0) is 25.7 Å². The number of Topliss-reactive ketones (excluding diaryl/α,β-unsaturated/α-hetero) is 1. The fraction of sp³-hybridized carbons (Fsp3) is 0.500. The molecule has 1 aromatic carbocycles. The van der Waals surface area contributed by atoms with Gasteiger partial charge in [-0.1, -0.05) is 0 Å². The maximum Gasteiger partial charge on any atom is 0.243 e. The lowest BCUT2D eigenvalue weighted by Gasteiger charge is -2.49. The van der Waals surface area contributed by atoms with Gasteiger partial charge < -0.3 is 10.2 Å². The number of carbonyl (C=O) groups excluding carboxylic acids is 4. The lowest BCUT2D eigenvalue weighted by atomic mass is 9.89. The first kappa shape index (κ1) is 18.4. The number of benzene rings is 1. The number of nitrogens with one attached hydrogen (secondary N) is 2. The number of fused-ring (bicyclic) bond motifs is 3. The maximum atomic E-state index is 14.5. The van der Waals surface area contributed by atoms with Crippen molar-refractivity contribution in [3.63, 3.8) is 0 Å². The molecule has 2 N–H and O–H groups in total. The summed E-state index contributed by atoms with van der Waals surface area (Å²) in [5, 5.41) is 5.72. The second-order valence-electron chi connectivity index (χ2n) is 8.26. The second-order valence-corrected chi connectivity index (χ2v) is 8.26. The second kappa shape index (κ2) is 6.70. The number of imide groups is 1. The quantitative estimate of drug-likeness (QED) is 0.411. The molecule has 0 aromatic heterocycles. The number of piperidine rings is 2. The van der Waals surface area contributed by atoms with Gasteiger partial charge >= 0.3 is 0 Å². The number of carbonyl (C=O) groups is 4. The van der Waals surface area contributed by atoms with Crippen LogP contribution >= 0.6 is 0 Å². The average molecular weight is 400 g/mol. The van der Waals surface area contributed by atoms with Crippen molar-refractivity contribution < 1.29 is 23.6 Å². The molecule has 4 saturated heterocycles. The standard InChI is InChI=1S/C20H21FN4O4/c21-11-3-10-6-25(14-1-2-17(28)23-20(14)29)19(16(27)9-26)18(10)15(4-11)24-7-12-5-13(8-24)22-12/h3-4,9,12-14,19,22H,1-2,5-8H2,(H,23,28,29). The first-order valence-electron chi connectivity index (χ1n) is 9.86. The molecule has 8 nitrogen and oxygen atoms in total. The van der Waals surface area contributed by atoms with Crippen molar-refractivity contribution in [2.45, 2.75) is 50.0 Å². The third-order valence-corrected chi connectivity index (χ3v) is 6.43. The zero-order chi connectivity index (χ0) is 20.3. The highest BCUT2D eigenvalue weighted by Gasteiger charge is 2.46. The van der Waals surface area contributed by atoms with Crippen LogP contribution in [0, 0.1) is 5.82 Å². The summed E-state index contributed by atoms with van der Waals surface area (Å²) >= 11 is 0. The summed E-state index contributed by atoms with van der Waals surface area (Å²) < 4.78 is 14.5. The molecule has 4 atom stereocenters. The molecule has 4 unspecified atom stereocenters. The van der Waals surface area contributed by atoms with Crippen LogP contribution < -0.4 is 15.5 Å². The Kier molecular flexibility index (Phi) is 4.25. The molecule has 6 rings (SSSR count). The molecule has 5 aliphatic heterocycles. The Balaban J connectivity index is 1.55. The maximum absolute atomic E-state index is 14.5. The molecule has 5 aliphatic rings. The summed E-state index contributed by atoms with van der Waals surface area (Å²) in [4.78, 5) is 51.8. The highest BCUT2D eigenvalue weighted by Crippen LogP contribution is 2.44. The average Bonchev–Trinajstić information content (AvgIpc) is 3.05. The van der Waals surface area contributed by atoms with Crippen LogP contribution in [0.1, 0.15) is 36.4 Å². The number of ketones is 1. The third kappa shape index (κ3) is 2.96. The van der Waals surface area contributed by atoms with E-state index in [1.807, 2.05) is 0 Å². The van der Waals surface area contributed by atoms with Crippen LogP contribution in [0.15, 0.2) is 12.1 Å². The highest BCUT2D eigenvalue weighted by molar-refractivity contribution is 6.28. The third-order valence-electron chi connectivity index (χ3n) is 6.43. The van der Waals surface area contributed by atoms with E-state index < -0.39 is 29.6 Å². The van der Waals surface area contributed by atoms with Gasteiger partial charge in [-0.15, -0.1) is 0 Å². The molecule has 2 amide bonds. The van der Waals surface area contributed by atoms with Gasteiger partial charge in [0, 0.05) is 49.4 Å². The number of anilines is 1. The van der Waals surface area contributed by atoms with Crippen LogP contribution in [-0.4, -0.2) is 60.0 Å². The molecule has 0 radical (unpaired) electrons. The van der Waals surface area contributed by atoms with Gasteiger partial charge in [0.1, 0.15) is 11.9 Å². The Labute approximate surface area is 166 Å². The molecule has 0 spiro atoms. The van der Waals surface area contributed by atoms with Crippen LogP contribution in [0.3, 0.4) is 0 Å². The zero-order valence-corrected chi connectivity index (χ0v) is 15.7. The van der Waals surface area contributed by atoms with Crippen molar-refractivity contribution in [3.8, 4) is 0 Å². The first-order valence-corrected chi connectivity index (χ1v) is 9.86. The fourth-order valence-electron chi connectivity index (χ4n) is 5.19. The molecule has 5 heterocycles. The lowest BCUT2D eigenvalue weighted by Crippen LogP contribution is -2.67. The number of hydrogen-bond donors (Lipinski definition) is 2. The Bertz CT molecular complexity index is 919. The van der Waals surface area contributed by atoms with Crippen molar-refractivity contribution in [3.05, 3.63) is 29.1 Å². The van der Waals surface area contributed by atoms with Gasteiger partial charge in [-0.25, -0.2) is 4.39 Å². The molecule has 1 aromatic rings. The van der Waals surface area contributed by atoms with E-state index in [4.69, 9.17) is 0 Å². The molecule has 0 saturated carbocycles. The molecule has 152 valence electrons. The minimum atomic E-state index is -0.951. The van der Waals surface area contributed by atoms with E-state index in [9.17, 15) is 23.6 Å². The molecule has 29 heavy (non-hydrogen) atoms. The summed E-state index contributed by atoms with van der Waals surface area (Å²) in [6.07, 6.45) is 1.76. The number of halogens is 1. The predicted molar refractivity (Wildman–Crippen MR) is 99.5 cm³/mol. The van der Waals surface area contributed by atoms with E-state index >= 15 is 0 Å². The van der Waals surface area contributed by atoms with E-state index in [1.165, 1.54) is 12.1 Å². The summed E-state index contributed by atoms with van der Waals surface area (Å²) in [5.74, 6) is -1.91. The molecule has 2 bridgehead atoms. The minimum Gasteiger partial charge on any atom is -0.368 e. The normalized spacial score (nSPS) is 31.1. The van der Waals surface area contributed by atoms with Gasteiger partial charge in [-0.05, 0) is 30.5 Å². The Morgan fingerprint density at radius 2 is 1.93 bits per heavy atom. The number of amides is 2. The lowest BCUT2D eigenvalue weighted by molar-refractivity contribution is -0.141. The summed E-state index contributed by atoms with van der Waals surface area (Å²) in [6.45, 7) is 1.58. The van der Waals surface area contributed by atoms with Crippen LogP contribution in [0.2, 0.25) is 0 Å². The number of nitrogens with zero attached hydrogens (tertiary/aromatic N) is 2. The molecule has 0 aliphatic carbocycles. The zero-order valence-electron chi connectivity index (χ0n) is 15.7. The van der Waals surface area contributed by atoms with Crippen LogP contribution in [0.5, 0.6) is 0 Å². The Morgan fingerprint density at radius 3 is 2.59 bits per heavy atom. The molecule has 9 heteroatoms. The van der Waals surface area contributed by atoms with E-state index in [0.717, 1.165) is 6.42 Å². The smallest absolute Gasteiger partial charge is 0.243 e. The topological polar surface area (TPSA) is 98.8 Å². The predicted octanol–water partition coefficient (Wildman–Crippen LogP) is -0.194. The van der Waals surface area contributed by atoms with Crippen molar-refractivity contribution in [2.75, 3.05) is 18.0 Å². The monoisotopic (exact) mass is 400 g/mol. The van der Waals surface area contributed by atoms with Crippen molar-refractivity contribution in [2.24, 2.45) is 0 Å². The van der Waals surface area contributed by atoms with E-state index in [-0.39, 0.29) is 31.6 Å². The van der Waals surface area contributed by atoms with E-state index in [2.05, 4.69) is 15.5 Å². The fourth-order valence-corrected chi connectivity index (χ4v) is 5.19. The van der Waals surface area contributed by atoms with Crippen molar-refractivity contribution >= 4 is 29.6 Å². The van der Waals surface area contributed by atoms with Crippen LogP contribution in [0.25, 0.3) is 0 Å². The molecular weight excluding hydrogens is 379 g/mol. The summed E-state index contributed by atoms with van der Waals surface area (Å²) in [5.41, 5.74) is 1.83. The van der Waals surface area contributed by atoms with Gasteiger partial charge in [-0.3, -0.25) is 29.4 Å². The Hall–Kier alpha value is -2.65.